The Morgan fingerprint density at radius 1 is 1.33 bits per heavy atom. The van der Waals surface area contributed by atoms with Gasteiger partial charge >= 0.3 is 0 Å². The van der Waals surface area contributed by atoms with Crippen molar-refractivity contribution in [2.45, 2.75) is 13.5 Å². The van der Waals surface area contributed by atoms with Gasteiger partial charge in [-0.3, -0.25) is 0 Å². The lowest BCUT2D eigenvalue weighted by atomic mass is 10.1. The zero-order valence-electron chi connectivity index (χ0n) is 9.85. The summed E-state index contributed by atoms with van der Waals surface area (Å²) in [6.07, 6.45) is 0. The summed E-state index contributed by atoms with van der Waals surface area (Å²) in [6.45, 7) is 1.95. The SMILES string of the molecule is Cc1cccc(OCc2ccc(C#N)cc2F)n1. The van der Waals surface area contributed by atoms with Crippen LogP contribution >= 0.6 is 0 Å². The van der Waals surface area contributed by atoms with Gasteiger partial charge in [-0.25, -0.2) is 9.37 Å². The Morgan fingerprint density at radius 2 is 2.17 bits per heavy atom. The van der Waals surface area contributed by atoms with Crippen LogP contribution in [0.3, 0.4) is 0 Å². The Balaban J connectivity index is 2.09. The predicted octanol–water partition coefficient (Wildman–Crippen LogP) is 2.98. The summed E-state index contributed by atoms with van der Waals surface area (Å²) < 4.78 is 19.0. The third-order valence-corrected chi connectivity index (χ3v) is 2.42. The van der Waals surface area contributed by atoms with Crippen molar-refractivity contribution < 1.29 is 9.13 Å². The molecule has 0 amide bonds. The summed E-state index contributed by atoms with van der Waals surface area (Å²) in [7, 11) is 0. The molecule has 0 saturated carbocycles. The monoisotopic (exact) mass is 242 g/mol. The van der Waals surface area contributed by atoms with Crippen molar-refractivity contribution in [2.75, 3.05) is 0 Å². The average Bonchev–Trinajstić information content (AvgIpc) is 2.37. The maximum atomic E-state index is 13.6. The van der Waals surface area contributed by atoms with Crippen LogP contribution in [0.15, 0.2) is 36.4 Å². The molecular weight excluding hydrogens is 231 g/mol. The van der Waals surface area contributed by atoms with Crippen molar-refractivity contribution >= 4 is 0 Å². The van der Waals surface area contributed by atoms with Crippen LogP contribution in [-0.2, 0) is 6.61 Å². The van der Waals surface area contributed by atoms with E-state index < -0.39 is 5.82 Å². The van der Waals surface area contributed by atoms with Gasteiger partial charge in [0.15, 0.2) is 0 Å². The van der Waals surface area contributed by atoms with Crippen molar-refractivity contribution in [3.05, 3.63) is 59.0 Å². The first-order chi connectivity index (χ1) is 8.69. The fourth-order valence-electron chi connectivity index (χ4n) is 1.48. The average molecular weight is 242 g/mol. The molecule has 0 aliphatic carbocycles. The number of ether oxygens (including phenoxy) is 1. The summed E-state index contributed by atoms with van der Waals surface area (Å²) in [5.74, 6) is 0.0143. The molecule has 0 spiro atoms. The Bertz CT molecular complexity index is 605. The Hall–Kier alpha value is -2.41. The van der Waals surface area contributed by atoms with E-state index in [2.05, 4.69) is 4.98 Å². The second kappa shape index (κ2) is 5.28. The first-order valence-electron chi connectivity index (χ1n) is 5.44. The zero-order chi connectivity index (χ0) is 13.0. The van der Waals surface area contributed by atoms with E-state index >= 15 is 0 Å². The van der Waals surface area contributed by atoms with Gasteiger partial charge in [-0.2, -0.15) is 5.26 Å². The van der Waals surface area contributed by atoms with Crippen LogP contribution in [0.2, 0.25) is 0 Å². The van der Waals surface area contributed by atoms with Crippen LogP contribution < -0.4 is 4.74 Å². The Labute approximate surface area is 104 Å². The number of pyridine rings is 1. The highest BCUT2D eigenvalue weighted by molar-refractivity contribution is 5.32. The first-order valence-corrected chi connectivity index (χ1v) is 5.44. The number of hydrogen-bond acceptors (Lipinski definition) is 3. The van der Waals surface area contributed by atoms with E-state index in [1.165, 1.54) is 6.07 Å². The Kier molecular flexibility index (Phi) is 3.54. The van der Waals surface area contributed by atoms with Crippen molar-refractivity contribution in [1.29, 1.82) is 5.26 Å². The molecule has 3 nitrogen and oxygen atoms in total. The summed E-state index contributed by atoms with van der Waals surface area (Å²) in [5.41, 5.74) is 1.54. The van der Waals surface area contributed by atoms with Crippen LogP contribution in [0, 0.1) is 24.1 Å². The zero-order valence-corrected chi connectivity index (χ0v) is 9.85. The second-order valence-corrected chi connectivity index (χ2v) is 3.82. The summed E-state index contributed by atoms with van der Waals surface area (Å²) in [6, 6.07) is 11.6. The molecule has 0 N–H and O–H groups in total. The molecule has 1 aromatic heterocycles. The van der Waals surface area contributed by atoms with Gasteiger partial charge in [0, 0.05) is 17.3 Å². The van der Waals surface area contributed by atoms with Gasteiger partial charge in [0.1, 0.15) is 12.4 Å². The number of rotatable bonds is 3. The van der Waals surface area contributed by atoms with Crippen molar-refractivity contribution in [3.63, 3.8) is 0 Å². The van der Waals surface area contributed by atoms with Gasteiger partial charge in [0.2, 0.25) is 5.88 Å². The second-order valence-electron chi connectivity index (χ2n) is 3.82. The van der Waals surface area contributed by atoms with Crippen LogP contribution in [0.5, 0.6) is 5.88 Å². The molecule has 1 aromatic carbocycles. The minimum atomic E-state index is -0.443. The van der Waals surface area contributed by atoms with Crippen molar-refractivity contribution in [1.82, 2.24) is 4.98 Å². The molecule has 0 unspecified atom stereocenters. The molecule has 0 fully saturated rings. The number of aryl methyl sites for hydroxylation is 1. The fourth-order valence-corrected chi connectivity index (χ4v) is 1.48. The lowest BCUT2D eigenvalue weighted by Crippen LogP contribution is -2.00. The highest BCUT2D eigenvalue weighted by Crippen LogP contribution is 2.14. The van der Waals surface area contributed by atoms with Crippen LogP contribution in [0.25, 0.3) is 0 Å². The lowest BCUT2D eigenvalue weighted by molar-refractivity contribution is 0.287. The highest BCUT2D eigenvalue weighted by atomic mass is 19.1. The maximum absolute atomic E-state index is 13.6. The molecular formula is C14H11FN2O. The topological polar surface area (TPSA) is 45.9 Å². The van der Waals surface area contributed by atoms with E-state index in [4.69, 9.17) is 10.00 Å². The van der Waals surface area contributed by atoms with Crippen LogP contribution in [0.4, 0.5) is 4.39 Å². The number of nitrogens with zero attached hydrogens (tertiary/aromatic N) is 2. The normalized spacial score (nSPS) is 9.83. The molecule has 0 atom stereocenters. The van der Waals surface area contributed by atoms with Crippen molar-refractivity contribution in [3.8, 4) is 11.9 Å². The van der Waals surface area contributed by atoms with Gasteiger partial charge in [-0.1, -0.05) is 12.1 Å². The quantitative estimate of drug-likeness (QED) is 0.831. The van der Waals surface area contributed by atoms with E-state index in [-0.39, 0.29) is 6.61 Å². The molecule has 90 valence electrons. The molecule has 4 heteroatoms. The summed E-state index contributed by atoms with van der Waals surface area (Å²) in [4.78, 5) is 4.15. The highest BCUT2D eigenvalue weighted by Gasteiger charge is 2.05. The van der Waals surface area contributed by atoms with Gasteiger partial charge in [-0.15, -0.1) is 0 Å². The number of nitriles is 1. The van der Waals surface area contributed by atoms with E-state index in [0.29, 0.717) is 17.0 Å². The Morgan fingerprint density at radius 3 is 2.83 bits per heavy atom. The van der Waals surface area contributed by atoms with Crippen LogP contribution in [0.1, 0.15) is 16.8 Å². The largest absolute Gasteiger partial charge is 0.473 e. The fraction of sp³-hybridized carbons (Fsp3) is 0.143. The number of aromatic nitrogens is 1. The lowest BCUT2D eigenvalue weighted by Gasteiger charge is -2.06. The molecule has 0 saturated heterocycles. The standard InChI is InChI=1S/C14H11FN2O/c1-10-3-2-4-14(17-10)18-9-12-6-5-11(8-16)7-13(12)15/h2-7H,9H2,1H3. The van der Waals surface area contributed by atoms with E-state index in [0.717, 1.165) is 5.69 Å². The molecule has 0 aliphatic rings. The maximum Gasteiger partial charge on any atom is 0.213 e. The van der Waals surface area contributed by atoms with E-state index in [9.17, 15) is 4.39 Å². The van der Waals surface area contributed by atoms with Gasteiger partial charge in [-0.05, 0) is 25.1 Å². The number of hydrogen-bond donors (Lipinski definition) is 0. The number of halogens is 1. The van der Waals surface area contributed by atoms with Gasteiger partial charge < -0.3 is 4.74 Å². The molecule has 2 rings (SSSR count). The van der Waals surface area contributed by atoms with E-state index in [1.54, 1.807) is 18.2 Å². The molecule has 0 radical (unpaired) electrons. The summed E-state index contributed by atoms with van der Waals surface area (Å²) >= 11 is 0. The van der Waals surface area contributed by atoms with Crippen molar-refractivity contribution in [2.24, 2.45) is 0 Å². The minimum Gasteiger partial charge on any atom is -0.473 e. The molecule has 1 heterocycles. The van der Waals surface area contributed by atoms with E-state index in [1.807, 2.05) is 25.1 Å². The predicted molar refractivity (Wildman–Crippen MR) is 64.4 cm³/mol. The minimum absolute atomic E-state index is 0.0913. The first kappa shape index (κ1) is 12.1. The third kappa shape index (κ3) is 2.83. The molecule has 0 aliphatic heterocycles. The molecule has 0 bridgehead atoms. The smallest absolute Gasteiger partial charge is 0.213 e. The van der Waals surface area contributed by atoms with Gasteiger partial charge in [0.05, 0.1) is 11.6 Å². The molecule has 18 heavy (non-hydrogen) atoms. The van der Waals surface area contributed by atoms with Crippen LogP contribution in [-0.4, -0.2) is 4.98 Å². The summed E-state index contributed by atoms with van der Waals surface area (Å²) in [5, 5.41) is 8.63. The van der Waals surface area contributed by atoms with Gasteiger partial charge in [0.25, 0.3) is 0 Å². The third-order valence-electron chi connectivity index (χ3n) is 2.42. The number of benzene rings is 1. The molecule has 2 aromatic rings.